The molecule has 1 fully saturated rings. The van der Waals surface area contributed by atoms with Crippen molar-refractivity contribution in [2.45, 2.75) is 11.4 Å². The first kappa shape index (κ1) is 17.0. The van der Waals surface area contributed by atoms with Crippen LogP contribution in [0.25, 0.3) is 5.65 Å². The number of hydrogen-bond acceptors (Lipinski definition) is 5. The van der Waals surface area contributed by atoms with Crippen LogP contribution in [-0.4, -0.2) is 53.2 Å². The highest BCUT2D eigenvalue weighted by Gasteiger charge is 2.27. The highest BCUT2D eigenvalue weighted by atomic mass is 32.2. The molecular weight excluding hydrogens is 356 g/mol. The maximum atomic E-state index is 12.8. The maximum Gasteiger partial charge on any atom is 0.350 e. The highest BCUT2D eigenvalue weighted by molar-refractivity contribution is 7.89. The minimum absolute atomic E-state index is 0.0771. The molecular formula is C17H18N4O4S. The smallest absolute Gasteiger partial charge is 0.350 e. The zero-order chi connectivity index (χ0) is 18.1. The van der Waals surface area contributed by atoms with E-state index in [2.05, 4.69) is 5.10 Å². The fraction of sp³-hybridized carbons (Fsp3) is 0.294. The molecule has 0 atom stereocenters. The highest BCUT2D eigenvalue weighted by Crippen LogP contribution is 2.17. The fourth-order valence-corrected chi connectivity index (χ4v) is 4.35. The summed E-state index contributed by atoms with van der Waals surface area (Å²) in [6, 6.07) is 12.5. The van der Waals surface area contributed by atoms with Gasteiger partial charge in [-0.15, -0.1) is 5.10 Å². The summed E-state index contributed by atoms with van der Waals surface area (Å²) in [5, 5.41) is 4.28. The molecule has 0 aliphatic carbocycles. The maximum absolute atomic E-state index is 12.8. The van der Waals surface area contributed by atoms with E-state index in [9.17, 15) is 13.2 Å². The van der Waals surface area contributed by atoms with E-state index in [-0.39, 0.29) is 10.6 Å². The number of pyridine rings is 1. The second kappa shape index (κ2) is 6.67. The number of ether oxygens (including phenoxy) is 1. The molecule has 1 aliphatic heterocycles. The van der Waals surface area contributed by atoms with Gasteiger partial charge in [-0.3, -0.25) is 0 Å². The largest absolute Gasteiger partial charge is 0.379 e. The van der Waals surface area contributed by atoms with E-state index in [1.54, 1.807) is 6.07 Å². The predicted molar refractivity (Wildman–Crippen MR) is 94.6 cm³/mol. The normalized spacial score (nSPS) is 16.2. The molecule has 0 amide bonds. The minimum Gasteiger partial charge on any atom is -0.379 e. The van der Waals surface area contributed by atoms with Gasteiger partial charge in [0.05, 0.1) is 24.7 Å². The van der Waals surface area contributed by atoms with Crippen molar-refractivity contribution in [3.63, 3.8) is 0 Å². The van der Waals surface area contributed by atoms with Crippen LogP contribution < -0.4 is 5.69 Å². The lowest BCUT2D eigenvalue weighted by Crippen LogP contribution is -2.40. The number of sulfonamides is 1. The molecule has 8 nitrogen and oxygen atoms in total. The molecule has 1 aromatic carbocycles. The summed E-state index contributed by atoms with van der Waals surface area (Å²) in [5.41, 5.74) is 0.980. The summed E-state index contributed by atoms with van der Waals surface area (Å²) >= 11 is 0. The number of benzene rings is 1. The molecule has 4 rings (SSSR count). The number of morpholine rings is 1. The Morgan fingerprint density at radius 1 is 1.04 bits per heavy atom. The van der Waals surface area contributed by atoms with Gasteiger partial charge in [-0.05, 0) is 17.7 Å². The molecule has 9 heteroatoms. The van der Waals surface area contributed by atoms with Gasteiger partial charge in [0.1, 0.15) is 0 Å². The van der Waals surface area contributed by atoms with E-state index < -0.39 is 10.0 Å². The van der Waals surface area contributed by atoms with E-state index in [0.29, 0.717) is 38.5 Å². The van der Waals surface area contributed by atoms with Crippen LogP contribution in [0, 0.1) is 0 Å². The van der Waals surface area contributed by atoms with Crippen molar-refractivity contribution in [1.82, 2.24) is 18.5 Å². The van der Waals surface area contributed by atoms with Gasteiger partial charge >= 0.3 is 5.69 Å². The second-order valence-electron chi connectivity index (χ2n) is 6.04. The Labute approximate surface area is 150 Å². The number of fused-ring (bicyclic) bond motifs is 1. The lowest BCUT2D eigenvalue weighted by Gasteiger charge is -2.25. The summed E-state index contributed by atoms with van der Waals surface area (Å²) in [5.74, 6) is 0. The van der Waals surface area contributed by atoms with E-state index in [0.717, 1.165) is 5.56 Å². The third-order valence-corrected chi connectivity index (χ3v) is 6.22. The molecule has 3 aromatic rings. The Balaban J connectivity index is 1.71. The van der Waals surface area contributed by atoms with Gasteiger partial charge in [-0.2, -0.15) is 4.31 Å². The average molecular weight is 374 g/mol. The Morgan fingerprint density at radius 3 is 2.50 bits per heavy atom. The molecule has 0 saturated carbocycles. The van der Waals surface area contributed by atoms with Gasteiger partial charge in [-0.1, -0.05) is 30.3 Å². The molecule has 0 radical (unpaired) electrons. The van der Waals surface area contributed by atoms with Crippen LogP contribution in [0.2, 0.25) is 0 Å². The summed E-state index contributed by atoms with van der Waals surface area (Å²) in [4.78, 5) is 12.7. The molecule has 136 valence electrons. The van der Waals surface area contributed by atoms with Crippen LogP contribution in [0.5, 0.6) is 0 Å². The second-order valence-corrected chi connectivity index (χ2v) is 7.97. The minimum atomic E-state index is -3.66. The number of aromatic nitrogens is 3. The zero-order valence-corrected chi connectivity index (χ0v) is 14.8. The molecule has 0 spiro atoms. The molecule has 1 aliphatic rings. The van der Waals surface area contributed by atoms with Crippen LogP contribution in [0.1, 0.15) is 5.56 Å². The number of rotatable bonds is 4. The van der Waals surface area contributed by atoms with Gasteiger partial charge in [-0.25, -0.2) is 22.3 Å². The summed E-state index contributed by atoms with van der Waals surface area (Å²) in [6.45, 7) is 1.69. The Kier molecular flexibility index (Phi) is 4.35. The van der Waals surface area contributed by atoms with Crippen molar-refractivity contribution in [2.24, 2.45) is 0 Å². The Bertz CT molecular complexity index is 1080. The third kappa shape index (κ3) is 3.05. The topological polar surface area (TPSA) is 85.9 Å². The van der Waals surface area contributed by atoms with Crippen molar-refractivity contribution >= 4 is 15.7 Å². The van der Waals surface area contributed by atoms with Gasteiger partial charge in [0.15, 0.2) is 5.65 Å². The standard InChI is InChI=1S/C17H18N4O4S/c22-17-20-13-15(26(23,24)19-8-10-25-11-9-19)6-7-16(20)18-21(17)12-14-4-2-1-3-5-14/h1-7,13H,8-12H2. The van der Waals surface area contributed by atoms with E-state index in [1.807, 2.05) is 30.3 Å². The van der Waals surface area contributed by atoms with E-state index in [4.69, 9.17) is 4.74 Å². The van der Waals surface area contributed by atoms with Gasteiger partial charge in [0.2, 0.25) is 10.0 Å². The molecule has 3 heterocycles. The van der Waals surface area contributed by atoms with Crippen LogP contribution in [-0.2, 0) is 21.3 Å². The molecule has 2 aromatic heterocycles. The summed E-state index contributed by atoms with van der Waals surface area (Å²) in [7, 11) is -3.66. The number of hydrogen-bond donors (Lipinski definition) is 0. The summed E-state index contributed by atoms with van der Waals surface area (Å²) in [6.07, 6.45) is 1.34. The van der Waals surface area contributed by atoms with E-state index in [1.165, 1.54) is 25.7 Å². The first-order chi connectivity index (χ1) is 12.6. The molecule has 0 bridgehead atoms. The monoisotopic (exact) mass is 374 g/mol. The third-order valence-electron chi connectivity index (χ3n) is 4.33. The molecule has 1 saturated heterocycles. The van der Waals surface area contributed by atoms with Gasteiger partial charge in [0, 0.05) is 19.3 Å². The van der Waals surface area contributed by atoms with Crippen LogP contribution in [0.3, 0.4) is 0 Å². The molecule has 0 N–H and O–H groups in total. The van der Waals surface area contributed by atoms with Crippen LogP contribution in [0.15, 0.2) is 58.4 Å². The van der Waals surface area contributed by atoms with Crippen molar-refractivity contribution in [1.29, 1.82) is 0 Å². The van der Waals surface area contributed by atoms with Crippen LogP contribution in [0.4, 0.5) is 0 Å². The average Bonchev–Trinajstić information content (AvgIpc) is 2.98. The molecule has 0 unspecified atom stereocenters. The van der Waals surface area contributed by atoms with Crippen molar-refractivity contribution in [3.05, 3.63) is 64.7 Å². The first-order valence-corrected chi connectivity index (χ1v) is 9.71. The SMILES string of the molecule is O=c1n(Cc2ccccc2)nc2ccc(S(=O)(=O)N3CCOCC3)cn12. The van der Waals surface area contributed by atoms with Gasteiger partial charge in [0.25, 0.3) is 0 Å². The lowest BCUT2D eigenvalue weighted by molar-refractivity contribution is 0.0730. The summed E-state index contributed by atoms with van der Waals surface area (Å²) < 4.78 is 34.7. The van der Waals surface area contributed by atoms with Crippen LogP contribution >= 0.6 is 0 Å². The fourth-order valence-electron chi connectivity index (χ4n) is 2.95. The quantitative estimate of drug-likeness (QED) is 0.666. The molecule has 26 heavy (non-hydrogen) atoms. The van der Waals surface area contributed by atoms with Gasteiger partial charge < -0.3 is 4.74 Å². The Morgan fingerprint density at radius 2 is 1.77 bits per heavy atom. The van der Waals surface area contributed by atoms with Crippen molar-refractivity contribution < 1.29 is 13.2 Å². The zero-order valence-electron chi connectivity index (χ0n) is 14.0. The predicted octanol–water partition coefficient (Wildman–Crippen LogP) is 0.565. The number of nitrogens with zero attached hydrogens (tertiary/aromatic N) is 4. The first-order valence-electron chi connectivity index (χ1n) is 8.27. The Hall–Kier alpha value is -2.49. The van der Waals surface area contributed by atoms with Crippen molar-refractivity contribution in [3.8, 4) is 0 Å². The lowest BCUT2D eigenvalue weighted by atomic mass is 10.2. The van der Waals surface area contributed by atoms with E-state index >= 15 is 0 Å². The van der Waals surface area contributed by atoms with Crippen molar-refractivity contribution in [2.75, 3.05) is 26.3 Å².